The van der Waals surface area contributed by atoms with Gasteiger partial charge in [0, 0.05) is 17.0 Å². The summed E-state index contributed by atoms with van der Waals surface area (Å²) in [7, 11) is 0. The smallest absolute Gasteiger partial charge is 0.310 e. The van der Waals surface area contributed by atoms with E-state index in [0.717, 1.165) is 16.8 Å². The molecular formula is C19H17N3O4S. The van der Waals surface area contributed by atoms with Crippen LogP contribution >= 0.6 is 11.3 Å². The molecule has 8 heteroatoms. The summed E-state index contributed by atoms with van der Waals surface area (Å²) in [6.07, 6.45) is 0. The van der Waals surface area contributed by atoms with Crippen LogP contribution in [0.15, 0.2) is 47.8 Å². The van der Waals surface area contributed by atoms with Gasteiger partial charge in [-0.25, -0.2) is 4.98 Å². The largest absolute Gasteiger partial charge is 0.477 e. The van der Waals surface area contributed by atoms with E-state index < -0.39 is 10.8 Å². The summed E-state index contributed by atoms with van der Waals surface area (Å²) in [4.78, 5) is 26.9. The van der Waals surface area contributed by atoms with Crippen molar-refractivity contribution >= 4 is 28.1 Å². The minimum Gasteiger partial charge on any atom is -0.477 e. The lowest BCUT2D eigenvalue weighted by Crippen LogP contribution is -2.20. The number of anilines is 1. The van der Waals surface area contributed by atoms with Crippen molar-refractivity contribution < 1.29 is 14.5 Å². The van der Waals surface area contributed by atoms with E-state index >= 15 is 0 Å². The second-order valence-electron chi connectivity index (χ2n) is 5.92. The molecule has 2 aromatic carbocycles. The van der Waals surface area contributed by atoms with E-state index in [9.17, 15) is 14.9 Å². The second-order valence-corrected chi connectivity index (χ2v) is 6.78. The van der Waals surface area contributed by atoms with Gasteiger partial charge in [0.15, 0.2) is 17.5 Å². The van der Waals surface area contributed by atoms with Crippen LogP contribution in [0.5, 0.6) is 5.75 Å². The number of para-hydroxylation sites is 2. The highest BCUT2D eigenvalue weighted by Gasteiger charge is 2.16. The van der Waals surface area contributed by atoms with Gasteiger partial charge < -0.3 is 4.74 Å². The summed E-state index contributed by atoms with van der Waals surface area (Å²) < 4.78 is 5.28. The van der Waals surface area contributed by atoms with E-state index in [1.165, 1.54) is 35.1 Å². The van der Waals surface area contributed by atoms with Gasteiger partial charge >= 0.3 is 5.69 Å². The highest BCUT2D eigenvalue weighted by Crippen LogP contribution is 2.28. The van der Waals surface area contributed by atoms with Gasteiger partial charge in [-0.1, -0.05) is 35.9 Å². The van der Waals surface area contributed by atoms with Crippen LogP contribution in [0, 0.1) is 24.0 Å². The molecular weight excluding hydrogens is 366 g/mol. The van der Waals surface area contributed by atoms with Crippen LogP contribution in [0.1, 0.15) is 11.1 Å². The van der Waals surface area contributed by atoms with Crippen LogP contribution in [-0.4, -0.2) is 22.4 Å². The number of nitro groups is 1. The molecule has 138 valence electrons. The first-order valence-corrected chi connectivity index (χ1v) is 9.01. The molecule has 0 aliphatic carbocycles. The van der Waals surface area contributed by atoms with Crippen molar-refractivity contribution in [2.45, 2.75) is 13.8 Å². The molecule has 3 rings (SSSR count). The molecule has 0 atom stereocenters. The quantitative estimate of drug-likeness (QED) is 0.504. The van der Waals surface area contributed by atoms with Crippen molar-refractivity contribution in [3.05, 3.63) is 69.1 Å². The molecule has 0 saturated carbocycles. The fourth-order valence-corrected chi connectivity index (χ4v) is 3.31. The van der Waals surface area contributed by atoms with E-state index in [1.807, 2.05) is 31.4 Å². The monoisotopic (exact) mass is 383 g/mol. The Morgan fingerprint density at radius 3 is 2.78 bits per heavy atom. The van der Waals surface area contributed by atoms with Crippen LogP contribution in [0.2, 0.25) is 0 Å². The summed E-state index contributed by atoms with van der Waals surface area (Å²) in [5.41, 5.74) is 3.89. The van der Waals surface area contributed by atoms with Crippen LogP contribution < -0.4 is 10.1 Å². The van der Waals surface area contributed by atoms with Gasteiger partial charge in [0.1, 0.15) is 0 Å². The van der Waals surface area contributed by atoms with Gasteiger partial charge in [0.25, 0.3) is 5.91 Å². The summed E-state index contributed by atoms with van der Waals surface area (Å²) in [6, 6.07) is 12.0. The molecule has 1 aromatic heterocycles. The number of hydrogen-bond acceptors (Lipinski definition) is 6. The number of thiazole rings is 1. The van der Waals surface area contributed by atoms with Gasteiger partial charge in [-0.15, -0.1) is 11.3 Å². The van der Waals surface area contributed by atoms with Crippen molar-refractivity contribution in [1.82, 2.24) is 4.98 Å². The minimum atomic E-state index is -0.551. The number of nitro benzene ring substituents is 1. The topological polar surface area (TPSA) is 94.4 Å². The fourth-order valence-electron chi connectivity index (χ4n) is 2.58. The van der Waals surface area contributed by atoms with Crippen LogP contribution in [-0.2, 0) is 4.79 Å². The summed E-state index contributed by atoms with van der Waals surface area (Å²) in [5.74, 6) is -0.387. The molecule has 0 aliphatic heterocycles. The van der Waals surface area contributed by atoms with Crippen molar-refractivity contribution in [1.29, 1.82) is 0 Å². The normalized spacial score (nSPS) is 10.4. The number of rotatable bonds is 6. The van der Waals surface area contributed by atoms with Crippen molar-refractivity contribution in [2.24, 2.45) is 0 Å². The number of aromatic nitrogens is 1. The highest BCUT2D eigenvalue weighted by molar-refractivity contribution is 7.14. The molecule has 0 radical (unpaired) electrons. The Hall–Kier alpha value is -3.26. The van der Waals surface area contributed by atoms with Gasteiger partial charge in [-0.2, -0.15) is 0 Å². The van der Waals surface area contributed by atoms with E-state index in [2.05, 4.69) is 16.4 Å². The summed E-state index contributed by atoms with van der Waals surface area (Å²) in [6.45, 7) is 3.70. The van der Waals surface area contributed by atoms with E-state index in [-0.39, 0.29) is 18.0 Å². The number of carbonyl (C=O) groups excluding carboxylic acids is 1. The molecule has 0 fully saturated rings. The Morgan fingerprint density at radius 1 is 1.26 bits per heavy atom. The molecule has 0 spiro atoms. The number of aryl methyl sites for hydroxylation is 2. The fraction of sp³-hybridized carbons (Fsp3) is 0.158. The number of hydrogen-bond donors (Lipinski definition) is 1. The molecule has 0 saturated heterocycles. The molecule has 0 unspecified atom stereocenters. The van der Waals surface area contributed by atoms with E-state index in [4.69, 9.17) is 4.74 Å². The van der Waals surface area contributed by atoms with E-state index in [1.54, 1.807) is 6.07 Å². The lowest BCUT2D eigenvalue weighted by molar-refractivity contribution is -0.385. The number of nitrogens with one attached hydrogen (secondary N) is 1. The van der Waals surface area contributed by atoms with E-state index in [0.29, 0.717) is 5.13 Å². The predicted molar refractivity (Wildman–Crippen MR) is 104 cm³/mol. The second kappa shape index (κ2) is 7.96. The molecule has 3 aromatic rings. The molecule has 7 nitrogen and oxygen atoms in total. The van der Waals surface area contributed by atoms with Crippen molar-refractivity contribution in [3.63, 3.8) is 0 Å². The number of nitrogens with zero attached hydrogens (tertiary/aromatic N) is 2. The first-order chi connectivity index (χ1) is 12.9. The minimum absolute atomic E-state index is 0.0488. The Balaban J connectivity index is 1.64. The lowest BCUT2D eigenvalue weighted by Gasteiger charge is -2.06. The molecule has 1 N–H and O–H groups in total. The zero-order valence-electron chi connectivity index (χ0n) is 14.8. The van der Waals surface area contributed by atoms with Gasteiger partial charge in [-0.3, -0.25) is 20.2 Å². The molecule has 0 aliphatic rings. The SMILES string of the molecule is Cc1ccc(-c2csc(NC(=O)COc3ccccc3[N+](=O)[O-])n2)c(C)c1. The maximum Gasteiger partial charge on any atom is 0.310 e. The molecule has 27 heavy (non-hydrogen) atoms. The standard InChI is InChI=1S/C19H17N3O4S/c1-12-7-8-14(13(2)9-12)15-11-27-19(20-15)21-18(23)10-26-17-6-4-3-5-16(17)22(24)25/h3-9,11H,10H2,1-2H3,(H,20,21,23). The Morgan fingerprint density at radius 2 is 2.04 bits per heavy atom. The number of carbonyl (C=O) groups is 1. The highest BCUT2D eigenvalue weighted by atomic mass is 32.1. The van der Waals surface area contributed by atoms with Crippen molar-refractivity contribution in [2.75, 3.05) is 11.9 Å². The molecule has 0 bridgehead atoms. The number of amides is 1. The van der Waals surface area contributed by atoms with Crippen LogP contribution in [0.25, 0.3) is 11.3 Å². The van der Waals surface area contributed by atoms with Gasteiger partial charge in [0.05, 0.1) is 10.6 Å². The maximum absolute atomic E-state index is 12.1. The Bertz CT molecular complexity index is 1000. The molecule has 1 heterocycles. The summed E-state index contributed by atoms with van der Waals surface area (Å²) >= 11 is 1.31. The first kappa shape index (κ1) is 18.5. The first-order valence-electron chi connectivity index (χ1n) is 8.13. The third kappa shape index (κ3) is 4.48. The number of benzene rings is 2. The zero-order chi connectivity index (χ0) is 19.4. The summed E-state index contributed by atoms with van der Waals surface area (Å²) in [5, 5.41) is 15.9. The van der Waals surface area contributed by atoms with Crippen molar-refractivity contribution in [3.8, 4) is 17.0 Å². The maximum atomic E-state index is 12.1. The predicted octanol–water partition coefficient (Wildman–Crippen LogP) is 4.35. The van der Waals surface area contributed by atoms with Gasteiger partial charge in [-0.05, 0) is 25.5 Å². The average molecular weight is 383 g/mol. The Kier molecular flexibility index (Phi) is 5.46. The molecule has 1 amide bonds. The third-order valence-electron chi connectivity index (χ3n) is 3.83. The Labute approximate surface area is 159 Å². The average Bonchev–Trinajstić information content (AvgIpc) is 3.08. The third-order valence-corrected chi connectivity index (χ3v) is 4.59. The van der Waals surface area contributed by atoms with Crippen LogP contribution in [0.4, 0.5) is 10.8 Å². The number of ether oxygens (including phenoxy) is 1. The lowest BCUT2D eigenvalue weighted by atomic mass is 10.0. The van der Waals surface area contributed by atoms with Crippen LogP contribution in [0.3, 0.4) is 0 Å². The zero-order valence-corrected chi connectivity index (χ0v) is 15.6. The van der Waals surface area contributed by atoms with Gasteiger partial charge in [0.2, 0.25) is 0 Å².